The fraction of sp³-hybridized carbons (Fsp3) is 0.345. The van der Waals surface area contributed by atoms with Crippen LogP contribution >= 0.6 is 0 Å². The second-order valence-corrected chi connectivity index (χ2v) is 9.81. The highest BCUT2D eigenvalue weighted by atomic mass is 19.4. The zero-order valence-corrected chi connectivity index (χ0v) is 22.7. The molecule has 0 fully saturated rings. The molecule has 0 radical (unpaired) electrons. The number of nitrogens with one attached hydrogen (secondary N) is 1. The summed E-state index contributed by atoms with van der Waals surface area (Å²) < 4.78 is 75.1. The molecule has 0 saturated carbocycles. The van der Waals surface area contributed by atoms with E-state index in [1.807, 2.05) is 12.1 Å². The van der Waals surface area contributed by atoms with Crippen molar-refractivity contribution < 1.29 is 36.3 Å². The number of carbonyl (C=O) groups excluding carboxylic acids is 1. The lowest BCUT2D eigenvalue weighted by molar-refractivity contribution is -0.237. The van der Waals surface area contributed by atoms with Crippen LogP contribution in [0.2, 0.25) is 0 Å². The SMILES string of the molecule is COCCn1c(-c2ccc(C3=CCNCC3)cc2F)nnc1-c1ccc(C2=CCN(OC(=O)C(F)(F)F)CC2)cc1F. The van der Waals surface area contributed by atoms with Gasteiger partial charge >= 0.3 is 12.1 Å². The molecule has 2 aliphatic heterocycles. The molecule has 0 spiro atoms. The van der Waals surface area contributed by atoms with Crippen LogP contribution in [0.4, 0.5) is 22.0 Å². The molecule has 0 bridgehead atoms. The van der Waals surface area contributed by atoms with Gasteiger partial charge in [-0.3, -0.25) is 0 Å². The monoisotopic (exact) mass is 589 g/mol. The maximum Gasteiger partial charge on any atom is 0.492 e. The average Bonchev–Trinajstić information content (AvgIpc) is 3.39. The number of benzene rings is 2. The van der Waals surface area contributed by atoms with E-state index in [1.54, 1.807) is 22.8 Å². The van der Waals surface area contributed by atoms with Crippen LogP contribution in [0.15, 0.2) is 48.6 Å². The Morgan fingerprint density at radius 1 is 0.952 bits per heavy atom. The molecule has 13 heteroatoms. The number of hydrogen-bond acceptors (Lipinski definition) is 7. The Morgan fingerprint density at radius 3 is 2.05 bits per heavy atom. The van der Waals surface area contributed by atoms with E-state index in [4.69, 9.17) is 4.74 Å². The molecular formula is C29H28F5N5O3. The Balaban J connectivity index is 1.40. The van der Waals surface area contributed by atoms with E-state index < -0.39 is 23.8 Å². The highest BCUT2D eigenvalue weighted by molar-refractivity contribution is 5.76. The third-order valence-corrected chi connectivity index (χ3v) is 7.11. The van der Waals surface area contributed by atoms with Gasteiger partial charge in [-0.25, -0.2) is 13.6 Å². The number of halogens is 5. The topological polar surface area (TPSA) is 81.5 Å². The van der Waals surface area contributed by atoms with Crippen molar-refractivity contribution >= 4 is 17.1 Å². The van der Waals surface area contributed by atoms with Crippen LogP contribution in [0.5, 0.6) is 0 Å². The summed E-state index contributed by atoms with van der Waals surface area (Å²) in [4.78, 5) is 15.4. The van der Waals surface area contributed by atoms with Gasteiger partial charge in [0.2, 0.25) is 0 Å². The zero-order chi connectivity index (χ0) is 29.9. The molecule has 3 aromatic rings. The van der Waals surface area contributed by atoms with Gasteiger partial charge in [-0.2, -0.15) is 13.2 Å². The number of carbonyl (C=O) groups is 1. The Bertz CT molecular complexity index is 1530. The lowest BCUT2D eigenvalue weighted by Crippen LogP contribution is -2.37. The van der Waals surface area contributed by atoms with Gasteiger partial charge in [0.05, 0.1) is 24.3 Å². The summed E-state index contributed by atoms with van der Waals surface area (Å²) in [5.74, 6) is -2.94. The number of methoxy groups -OCH3 is 1. The first-order valence-electron chi connectivity index (χ1n) is 13.3. The smallest absolute Gasteiger partial charge is 0.383 e. The van der Waals surface area contributed by atoms with E-state index in [2.05, 4.69) is 20.4 Å². The predicted octanol–water partition coefficient (Wildman–Crippen LogP) is 5.02. The summed E-state index contributed by atoms with van der Waals surface area (Å²) in [5.41, 5.74) is 3.43. The molecular weight excluding hydrogens is 561 g/mol. The lowest BCUT2D eigenvalue weighted by Gasteiger charge is -2.25. The Morgan fingerprint density at radius 2 is 1.57 bits per heavy atom. The number of hydrogen-bond donors (Lipinski definition) is 1. The van der Waals surface area contributed by atoms with Crippen molar-refractivity contribution in [2.24, 2.45) is 0 Å². The quantitative estimate of drug-likeness (QED) is 0.370. The second-order valence-electron chi connectivity index (χ2n) is 9.81. The first-order valence-corrected chi connectivity index (χ1v) is 13.3. The molecule has 1 aromatic heterocycles. The summed E-state index contributed by atoms with van der Waals surface area (Å²) in [6.45, 7) is 1.98. The van der Waals surface area contributed by atoms with Crippen molar-refractivity contribution in [2.45, 2.75) is 25.6 Å². The van der Waals surface area contributed by atoms with Crippen molar-refractivity contribution in [1.82, 2.24) is 25.1 Å². The maximum absolute atomic E-state index is 15.5. The number of hydroxylamine groups is 2. The standard InChI is InChI=1S/C29H28F5N5O3/c1-41-15-14-39-26(22-4-2-20(16-24(22)30)18-6-10-35-11-7-18)36-37-27(39)23-5-3-21(17-25(23)31)19-8-12-38(13-9-19)42-28(40)29(32,33)34/h2-6,8,16-17,35H,7,9-15H2,1H3. The van der Waals surface area contributed by atoms with E-state index in [1.165, 1.54) is 25.3 Å². The maximum atomic E-state index is 15.5. The highest BCUT2D eigenvalue weighted by Crippen LogP contribution is 2.32. The minimum Gasteiger partial charge on any atom is -0.383 e. The minimum absolute atomic E-state index is 0.0181. The first-order chi connectivity index (χ1) is 20.2. The van der Waals surface area contributed by atoms with Crippen LogP contribution in [0, 0.1) is 11.6 Å². The predicted molar refractivity (Wildman–Crippen MR) is 144 cm³/mol. The molecule has 1 N–H and O–H groups in total. The molecule has 0 saturated heterocycles. The molecule has 0 unspecified atom stereocenters. The van der Waals surface area contributed by atoms with Crippen molar-refractivity contribution in [3.63, 3.8) is 0 Å². The summed E-state index contributed by atoms with van der Waals surface area (Å²) in [6, 6.07) is 9.45. The fourth-order valence-electron chi connectivity index (χ4n) is 4.94. The van der Waals surface area contributed by atoms with Crippen molar-refractivity contribution in [1.29, 1.82) is 0 Å². The number of nitrogens with zero attached hydrogens (tertiary/aromatic N) is 4. The first kappa shape index (κ1) is 29.5. The number of aromatic nitrogens is 3. The van der Waals surface area contributed by atoms with Crippen molar-refractivity contribution in [2.75, 3.05) is 39.9 Å². The molecule has 222 valence electrons. The van der Waals surface area contributed by atoms with Crippen LogP contribution in [0.1, 0.15) is 24.0 Å². The van der Waals surface area contributed by atoms with E-state index in [0.29, 0.717) is 11.1 Å². The van der Waals surface area contributed by atoms with Gasteiger partial charge < -0.3 is 19.5 Å². The van der Waals surface area contributed by atoms with Gasteiger partial charge in [-0.1, -0.05) is 24.3 Å². The van der Waals surface area contributed by atoms with Gasteiger partial charge in [-0.05, 0) is 65.9 Å². The molecule has 8 nitrogen and oxygen atoms in total. The summed E-state index contributed by atoms with van der Waals surface area (Å²) in [5, 5.41) is 12.5. The number of alkyl halides is 3. The van der Waals surface area contributed by atoms with Gasteiger partial charge in [0.1, 0.15) is 11.6 Å². The molecule has 2 aliphatic rings. The van der Waals surface area contributed by atoms with Gasteiger partial charge in [0.25, 0.3) is 0 Å². The average molecular weight is 590 g/mol. The number of ether oxygens (including phenoxy) is 1. The molecule has 0 amide bonds. The highest BCUT2D eigenvalue weighted by Gasteiger charge is 2.42. The van der Waals surface area contributed by atoms with Crippen molar-refractivity contribution in [3.05, 3.63) is 71.3 Å². The molecule has 2 aromatic carbocycles. The van der Waals surface area contributed by atoms with Gasteiger partial charge in [0, 0.05) is 26.7 Å². The Hall–Kier alpha value is -3.94. The third-order valence-electron chi connectivity index (χ3n) is 7.11. The van der Waals surface area contributed by atoms with E-state index in [-0.39, 0.29) is 55.4 Å². The van der Waals surface area contributed by atoms with Crippen LogP contribution in [0.3, 0.4) is 0 Å². The fourth-order valence-corrected chi connectivity index (χ4v) is 4.94. The Kier molecular flexibility index (Phi) is 8.80. The number of rotatable bonds is 8. The molecule has 0 aliphatic carbocycles. The lowest BCUT2D eigenvalue weighted by atomic mass is 9.98. The van der Waals surface area contributed by atoms with Crippen LogP contribution in [-0.4, -0.2) is 71.9 Å². The van der Waals surface area contributed by atoms with Crippen LogP contribution < -0.4 is 5.32 Å². The molecule has 3 heterocycles. The summed E-state index contributed by atoms with van der Waals surface area (Å²) >= 11 is 0. The van der Waals surface area contributed by atoms with E-state index >= 15 is 8.78 Å². The van der Waals surface area contributed by atoms with Gasteiger partial charge in [0.15, 0.2) is 11.6 Å². The van der Waals surface area contributed by atoms with Crippen LogP contribution in [0.25, 0.3) is 33.9 Å². The van der Waals surface area contributed by atoms with E-state index in [0.717, 1.165) is 35.7 Å². The van der Waals surface area contributed by atoms with Crippen molar-refractivity contribution in [3.8, 4) is 22.8 Å². The molecule has 5 rings (SSSR count). The van der Waals surface area contributed by atoms with Gasteiger partial charge in [-0.15, -0.1) is 15.3 Å². The second kappa shape index (κ2) is 12.5. The Labute approximate surface area is 238 Å². The summed E-state index contributed by atoms with van der Waals surface area (Å²) in [6.07, 6.45) is -0.449. The molecule has 42 heavy (non-hydrogen) atoms. The zero-order valence-electron chi connectivity index (χ0n) is 22.7. The van der Waals surface area contributed by atoms with Crippen LogP contribution in [-0.2, 0) is 20.9 Å². The summed E-state index contributed by atoms with van der Waals surface area (Å²) in [7, 11) is 1.52. The third kappa shape index (κ3) is 6.42. The normalized spacial score (nSPS) is 16.2. The van der Waals surface area contributed by atoms with E-state index in [9.17, 15) is 18.0 Å². The molecule has 0 atom stereocenters. The minimum atomic E-state index is -5.09. The largest absolute Gasteiger partial charge is 0.492 e.